The summed E-state index contributed by atoms with van der Waals surface area (Å²) in [6.45, 7) is 3.06. The molecule has 1 saturated heterocycles. The molecule has 70 heavy (non-hydrogen) atoms. The van der Waals surface area contributed by atoms with E-state index in [0.717, 1.165) is 16.9 Å². The summed E-state index contributed by atoms with van der Waals surface area (Å²) < 4.78 is 67.7. The Bertz CT molecular complexity index is 2150. The fourth-order valence-electron chi connectivity index (χ4n) is 7.02. The zero-order valence-electron chi connectivity index (χ0n) is 37.2. The van der Waals surface area contributed by atoms with Crippen molar-refractivity contribution in [3.63, 3.8) is 0 Å². The molecule has 31 heteroatoms. The van der Waals surface area contributed by atoms with Gasteiger partial charge in [-0.05, 0) is 54.8 Å². The van der Waals surface area contributed by atoms with Gasteiger partial charge in [0.1, 0.15) is 53.7 Å². The molecular formula is C39H55BrF6N8O16. The van der Waals surface area contributed by atoms with Crippen LogP contribution in [0.5, 0.6) is 0 Å². The molecule has 14 N–H and O–H groups in total. The smallest absolute Gasteiger partial charge is 0.490 e. The number of piperidine rings is 1. The number of rotatable bonds is 19. The van der Waals surface area contributed by atoms with Crippen LogP contribution in [0, 0.1) is 0 Å². The third-order valence-corrected chi connectivity index (χ3v) is 11.1. The molecule has 8 unspecified atom stereocenters. The van der Waals surface area contributed by atoms with Crippen LogP contribution in [0.15, 0.2) is 29.0 Å². The number of aromatic nitrogens is 4. The van der Waals surface area contributed by atoms with Crippen molar-refractivity contribution in [2.24, 2.45) is 0 Å². The number of aryl methyl sites for hydroxylation is 2. The summed E-state index contributed by atoms with van der Waals surface area (Å²) in [5.74, 6) is -5.75. The van der Waals surface area contributed by atoms with E-state index in [2.05, 4.69) is 31.2 Å². The van der Waals surface area contributed by atoms with E-state index in [4.69, 9.17) is 25.5 Å². The quantitative estimate of drug-likeness (QED) is 0.0399. The van der Waals surface area contributed by atoms with E-state index < -0.39 is 111 Å². The van der Waals surface area contributed by atoms with Crippen LogP contribution in [-0.2, 0) is 29.2 Å². The van der Waals surface area contributed by atoms with Crippen molar-refractivity contribution in [1.29, 1.82) is 0 Å². The lowest BCUT2D eigenvalue weighted by Crippen LogP contribution is -2.56. The van der Waals surface area contributed by atoms with Crippen molar-refractivity contribution >= 4 is 56.5 Å². The van der Waals surface area contributed by atoms with Crippen LogP contribution in [0.25, 0.3) is 11.0 Å². The van der Waals surface area contributed by atoms with E-state index >= 15 is 0 Å². The van der Waals surface area contributed by atoms with Crippen LogP contribution in [0.3, 0.4) is 0 Å². The summed E-state index contributed by atoms with van der Waals surface area (Å²) in [6, 6.07) is 4.91. The fourth-order valence-corrected chi connectivity index (χ4v) is 7.30. The van der Waals surface area contributed by atoms with Crippen molar-refractivity contribution in [3.8, 4) is 0 Å². The topological polar surface area (TPSA) is 393 Å². The predicted octanol–water partition coefficient (Wildman–Crippen LogP) is -4.26. The summed E-state index contributed by atoms with van der Waals surface area (Å²) in [6.07, 6.45) is -22.8. The number of aliphatic carboxylic acids is 2. The number of hydrogen-bond donors (Lipinski definition) is 13. The Morgan fingerprint density at radius 1 is 0.871 bits per heavy atom. The minimum Gasteiger partial charge on any atom is -0.542 e. The van der Waals surface area contributed by atoms with Crippen molar-refractivity contribution in [2.45, 2.75) is 114 Å². The van der Waals surface area contributed by atoms with Crippen molar-refractivity contribution in [3.05, 3.63) is 46.1 Å². The average molecular weight is 1090 g/mol. The Labute approximate surface area is 401 Å². The lowest BCUT2D eigenvalue weighted by atomic mass is 9.97. The molecule has 1 fully saturated rings. The highest BCUT2D eigenvalue weighted by atomic mass is 79.9. The normalized spacial score (nSPS) is 16.9. The van der Waals surface area contributed by atoms with E-state index in [1.54, 1.807) is 17.0 Å². The van der Waals surface area contributed by atoms with E-state index in [0.29, 0.717) is 36.1 Å². The van der Waals surface area contributed by atoms with Gasteiger partial charge in [0, 0.05) is 43.9 Å². The number of nitrogen functional groups attached to an aromatic ring is 1. The van der Waals surface area contributed by atoms with Crippen LogP contribution >= 0.6 is 15.9 Å². The Morgan fingerprint density at radius 3 is 1.76 bits per heavy atom. The number of nitrogens with zero attached hydrogens (tertiary/aromatic N) is 6. The predicted molar refractivity (Wildman–Crippen MR) is 226 cm³/mol. The molecule has 0 aliphatic carbocycles. The molecule has 3 aromatic rings. The summed E-state index contributed by atoms with van der Waals surface area (Å²) in [7, 11) is 0. The zero-order chi connectivity index (χ0) is 53.6. The Balaban J connectivity index is 0.00000104. The molecule has 2 aromatic heterocycles. The van der Waals surface area contributed by atoms with Gasteiger partial charge in [0.05, 0.1) is 44.7 Å². The third-order valence-electron chi connectivity index (χ3n) is 10.7. The number of carbonyl (C=O) groups is 4. The molecule has 3 heterocycles. The van der Waals surface area contributed by atoms with Gasteiger partial charge < -0.3 is 82.0 Å². The van der Waals surface area contributed by atoms with Gasteiger partial charge in [-0.2, -0.15) is 26.3 Å². The van der Waals surface area contributed by atoms with Crippen LogP contribution in [0.4, 0.5) is 32.2 Å². The summed E-state index contributed by atoms with van der Waals surface area (Å²) in [5.41, 5.74) is 7.90. The number of halogens is 7. The Hall–Kier alpha value is -4.93. The number of nitrogens with two attached hydrogens (primary N) is 1. The number of hydrogen-bond acceptors (Lipinski definition) is 19. The van der Waals surface area contributed by atoms with Crippen molar-refractivity contribution in [2.75, 3.05) is 45.1 Å². The molecule has 0 saturated carbocycles. The molecular weight excluding hydrogens is 1030 g/mol. The van der Waals surface area contributed by atoms with E-state index in [9.17, 15) is 87.0 Å². The summed E-state index contributed by atoms with van der Waals surface area (Å²) in [4.78, 5) is 55.8. The number of aliphatic hydroxyl groups excluding tert-OH is 10. The number of imidazole rings is 1. The second-order valence-corrected chi connectivity index (χ2v) is 16.2. The molecule has 0 bridgehead atoms. The highest BCUT2D eigenvalue weighted by molar-refractivity contribution is 9.10. The fraction of sp³-hybridized carbons (Fsp3) is 0.615. The van der Waals surface area contributed by atoms with Gasteiger partial charge in [-0.1, -0.05) is 0 Å². The number of likely N-dealkylation sites (tertiary alicyclic amines) is 1. The highest BCUT2D eigenvalue weighted by Crippen LogP contribution is 2.24. The lowest BCUT2D eigenvalue weighted by molar-refractivity contribution is -0.676. The second-order valence-electron chi connectivity index (χ2n) is 15.4. The van der Waals surface area contributed by atoms with E-state index in [1.807, 2.05) is 29.0 Å². The van der Waals surface area contributed by atoms with Crippen molar-refractivity contribution in [1.82, 2.24) is 29.7 Å². The maximum absolute atomic E-state index is 13.9. The number of nitrogens with one attached hydrogen (secondary N) is 1. The summed E-state index contributed by atoms with van der Waals surface area (Å²) >= 11 is 3.20. The standard InChI is InChI=1S/C35H53BrN8O12.2C2HF3O2/c1-3-43-20-6-5-18(11-21(20)44(4-2)27(43)13-39-34(55)28-33(37)38-12-26(36)40-28)35(56)41-9-7-19(8-10-41)42(14-22(47)29(51)31(53)24(49)16-45)15-23(48)30(52)32(54)25(50)17-46;2*3-2(4,5)1(6)7/h5-6,11-12,19,22-25,29-32,45-54H,3-4,7-10,13-17H2,1-2H3,(H2-,37,38,39,55);2*(H,6,7). The first-order valence-corrected chi connectivity index (χ1v) is 21.6. The van der Waals surface area contributed by atoms with E-state index in [-0.39, 0.29) is 37.1 Å². The van der Waals surface area contributed by atoms with E-state index in [1.165, 1.54) is 11.1 Å². The first-order valence-electron chi connectivity index (χ1n) is 20.9. The number of carboxylic acids is 2. The molecule has 1 aliphatic heterocycles. The Morgan fingerprint density at radius 2 is 1.34 bits per heavy atom. The second kappa shape index (κ2) is 27.0. The molecule has 396 valence electrons. The third kappa shape index (κ3) is 16.9. The SMILES string of the molecule is CCn1c(CNC(=O)c2nc(Br)cnc2N)[n+](CC)c2ccc(C(=O)N3CCC(N(CC(O)C(O)C(O)C(O)CO)CC(O)C(O)C(O)C(O)CO)CC3)cc21.O=C(O)C(F)(F)F.O=C([O-])C(F)(F)F. The van der Waals surface area contributed by atoms with Crippen LogP contribution in [0.2, 0.25) is 0 Å². The number of anilines is 1. The number of carboxylic acid groups (broad SMARTS) is 2. The van der Waals surface area contributed by atoms with Gasteiger partial charge in [0.2, 0.25) is 0 Å². The Kier molecular flexibility index (Phi) is 23.6. The van der Waals surface area contributed by atoms with Crippen LogP contribution in [0.1, 0.15) is 53.4 Å². The van der Waals surface area contributed by atoms with Gasteiger partial charge in [-0.3, -0.25) is 14.5 Å². The minimum atomic E-state index is -5.19. The maximum atomic E-state index is 13.9. The van der Waals surface area contributed by atoms with Gasteiger partial charge in [0.15, 0.2) is 22.5 Å². The number of alkyl halides is 6. The number of amides is 2. The number of fused-ring (bicyclic) bond motifs is 1. The first-order chi connectivity index (χ1) is 32.5. The van der Waals surface area contributed by atoms with Gasteiger partial charge in [-0.25, -0.2) is 23.9 Å². The van der Waals surface area contributed by atoms with Gasteiger partial charge in [0.25, 0.3) is 17.6 Å². The average Bonchev–Trinajstić information content (AvgIpc) is 3.63. The van der Waals surface area contributed by atoms with Gasteiger partial charge in [-0.15, -0.1) is 0 Å². The van der Waals surface area contributed by atoms with Crippen LogP contribution in [-0.4, -0.2) is 211 Å². The zero-order valence-corrected chi connectivity index (χ0v) is 38.7. The number of benzene rings is 1. The molecule has 24 nitrogen and oxygen atoms in total. The molecule has 1 aliphatic rings. The monoisotopic (exact) mass is 1080 g/mol. The van der Waals surface area contributed by atoms with Crippen molar-refractivity contribution < 1.29 is 111 Å². The molecule has 0 spiro atoms. The molecule has 1 aromatic carbocycles. The highest BCUT2D eigenvalue weighted by Gasteiger charge is 2.39. The molecule has 8 atom stereocenters. The first kappa shape index (κ1) is 61.2. The summed E-state index contributed by atoms with van der Waals surface area (Å²) in [5, 5.41) is 120. The molecule has 4 rings (SSSR count). The number of carbonyl (C=O) groups excluding carboxylic acids is 3. The number of aliphatic hydroxyl groups is 10. The maximum Gasteiger partial charge on any atom is 0.490 e. The molecule has 0 radical (unpaired) electrons. The lowest BCUT2D eigenvalue weighted by Gasteiger charge is -2.41. The minimum absolute atomic E-state index is 0.0117. The largest absolute Gasteiger partial charge is 0.542 e. The van der Waals surface area contributed by atoms with Crippen LogP contribution < -0.4 is 20.7 Å². The molecule has 2 amide bonds. The van der Waals surface area contributed by atoms with Gasteiger partial charge >= 0.3 is 18.3 Å².